The van der Waals surface area contributed by atoms with E-state index < -0.39 is 0 Å². The summed E-state index contributed by atoms with van der Waals surface area (Å²) in [5.41, 5.74) is 4.95. The highest BCUT2D eigenvalue weighted by atomic mass is 16.5. The highest BCUT2D eigenvalue weighted by Gasteiger charge is 2.33. The molecule has 3 aromatic carbocycles. The molecule has 9 nitrogen and oxygen atoms in total. The van der Waals surface area contributed by atoms with Crippen molar-refractivity contribution in [2.75, 3.05) is 62.1 Å². The molecule has 3 heterocycles. The summed E-state index contributed by atoms with van der Waals surface area (Å²) < 4.78 is 10.9. The highest BCUT2D eigenvalue weighted by molar-refractivity contribution is 6.05. The van der Waals surface area contributed by atoms with Crippen LogP contribution in [0.2, 0.25) is 0 Å². The normalized spacial score (nSPS) is 14.9. The number of fused-ring (bicyclic) bond motifs is 1. The smallest absolute Gasteiger partial charge is 0.330 e. The number of nitrogens with zero attached hydrogens (tertiary/aromatic N) is 6. The third-order valence-corrected chi connectivity index (χ3v) is 7.94. The van der Waals surface area contributed by atoms with Gasteiger partial charge in [0.05, 0.1) is 33.0 Å². The Hall–Kier alpha value is -4.63. The lowest BCUT2D eigenvalue weighted by molar-refractivity contribution is 0.249. The van der Waals surface area contributed by atoms with Crippen LogP contribution in [0.25, 0.3) is 0 Å². The first-order valence-electron chi connectivity index (χ1n) is 15.2. The molecule has 1 aromatic heterocycles. The third-order valence-electron chi connectivity index (χ3n) is 7.94. The van der Waals surface area contributed by atoms with Gasteiger partial charge in [0.2, 0.25) is 0 Å². The molecule has 0 unspecified atom stereocenters. The number of hydrogen-bond acceptors (Lipinski definition) is 7. The Morgan fingerprint density at radius 1 is 0.795 bits per heavy atom. The minimum absolute atomic E-state index is 0.164. The fourth-order valence-corrected chi connectivity index (χ4v) is 5.47. The molecule has 4 aromatic rings. The second-order valence-corrected chi connectivity index (χ2v) is 10.8. The standard InChI is InChI=1S/C33H36N6O3.C2H6/c1-36-13-15-37(16-14-36)27-11-9-24(10-12-27)17-31-34-21-26-23-38(28-18-29(41-2)20-30(19-28)42-3)33(40)39(32(26)35-31)22-25-7-5-4-6-8-25;1-2/h4-12,18-21H,13-17,22-23H2,1-3H3;1-2H3. The van der Waals surface area contributed by atoms with E-state index in [9.17, 15) is 4.79 Å². The van der Waals surface area contributed by atoms with Gasteiger partial charge in [0.25, 0.3) is 0 Å². The van der Waals surface area contributed by atoms with Gasteiger partial charge in [-0.15, -0.1) is 0 Å². The molecule has 0 aliphatic carbocycles. The molecule has 1 saturated heterocycles. The van der Waals surface area contributed by atoms with Crippen LogP contribution >= 0.6 is 0 Å². The molecule has 0 spiro atoms. The molecule has 2 aliphatic heterocycles. The Bertz CT molecular complexity index is 1520. The number of amides is 2. The molecule has 0 N–H and O–H groups in total. The van der Waals surface area contributed by atoms with Gasteiger partial charge in [-0.25, -0.2) is 14.8 Å². The number of carbonyl (C=O) groups is 1. The fourth-order valence-electron chi connectivity index (χ4n) is 5.47. The first kappa shape index (κ1) is 30.8. The summed E-state index contributed by atoms with van der Waals surface area (Å²) in [5.74, 6) is 2.56. The topological polar surface area (TPSA) is 74.3 Å². The summed E-state index contributed by atoms with van der Waals surface area (Å²) in [7, 11) is 5.37. The summed E-state index contributed by atoms with van der Waals surface area (Å²) in [4.78, 5) is 32.0. The molecule has 44 heavy (non-hydrogen) atoms. The maximum Gasteiger partial charge on any atom is 0.330 e. The SMILES string of the molecule is CC.COc1cc(OC)cc(N2Cc3cnc(Cc4ccc(N5CCN(C)CC5)cc4)nc3N(Cc3ccccc3)C2=O)c1. The maximum absolute atomic E-state index is 14.1. The highest BCUT2D eigenvalue weighted by Crippen LogP contribution is 2.35. The van der Waals surface area contributed by atoms with Crippen molar-refractivity contribution in [1.82, 2.24) is 14.9 Å². The Kier molecular flexibility index (Phi) is 9.96. The van der Waals surface area contributed by atoms with Gasteiger partial charge in [0.15, 0.2) is 0 Å². The predicted octanol–water partition coefficient (Wildman–Crippen LogP) is 6.01. The van der Waals surface area contributed by atoms with Gasteiger partial charge in [-0.1, -0.05) is 56.3 Å². The molecule has 0 radical (unpaired) electrons. The summed E-state index contributed by atoms with van der Waals surface area (Å²) in [5, 5.41) is 0. The molecule has 230 valence electrons. The average molecular weight is 595 g/mol. The first-order valence-corrected chi connectivity index (χ1v) is 15.2. The van der Waals surface area contributed by atoms with E-state index >= 15 is 0 Å². The Morgan fingerprint density at radius 2 is 1.45 bits per heavy atom. The molecular weight excluding hydrogens is 552 g/mol. The van der Waals surface area contributed by atoms with Crippen molar-refractivity contribution in [3.05, 3.63) is 102 Å². The van der Waals surface area contributed by atoms with Crippen LogP contribution in [0.15, 0.2) is 79.0 Å². The van der Waals surface area contributed by atoms with E-state index in [0.29, 0.717) is 48.3 Å². The fraction of sp³-hybridized carbons (Fsp3) is 0.343. The summed E-state index contributed by atoms with van der Waals surface area (Å²) >= 11 is 0. The molecule has 1 fully saturated rings. The van der Waals surface area contributed by atoms with Crippen LogP contribution in [0.3, 0.4) is 0 Å². The molecule has 0 atom stereocenters. The van der Waals surface area contributed by atoms with Crippen molar-refractivity contribution in [3.63, 3.8) is 0 Å². The molecule has 2 amide bonds. The Morgan fingerprint density at radius 3 is 2.09 bits per heavy atom. The van der Waals surface area contributed by atoms with Gasteiger partial charge in [-0.05, 0) is 30.3 Å². The second kappa shape index (κ2) is 14.2. The molecule has 0 saturated carbocycles. The van der Waals surface area contributed by atoms with Gasteiger partial charge in [0, 0.05) is 68.2 Å². The van der Waals surface area contributed by atoms with Crippen LogP contribution < -0.4 is 24.2 Å². The number of aromatic nitrogens is 2. The van der Waals surface area contributed by atoms with Gasteiger partial charge < -0.3 is 19.3 Å². The predicted molar refractivity (Wildman–Crippen MR) is 176 cm³/mol. The van der Waals surface area contributed by atoms with Crippen LogP contribution in [0.4, 0.5) is 22.0 Å². The summed E-state index contributed by atoms with van der Waals surface area (Å²) in [6.07, 6.45) is 2.44. The van der Waals surface area contributed by atoms with Crippen LogP contribution in [0, 0.1) is 0 Å². The van der Waals surface area contributed by atoms with Crippen molar-refractivity contribution < 1.29 is 14.3 Å². The quantitative estimate of drug-likeness (QED) is 0.247. The zero-order valence-corrected chi connectivity index (χ0v) is 26.4. The lowest BCUT2D eigenvalue weighted by Crippen LogP contribution is -2.47. The lowest BCUT2D eigenvalue weighted by Gasteiger charge is -2.36. The third kappa shape index (κ3) is 6.94. The van der Waals surface area contributed by atoms with E-state index in [2.05, 4.69) is 41.1 Å². The van der Waals surface area contributed by atoms with Crippen LogP contribution in [-0.4, -0.2) is 68.3 Å². The zero-order valence-electron chi connectivity index (χ0n) is 26.4. The molecule has 0 bridgehead atoms. The van der Waals surface area contributed by atoms with E-state index in [-0.39, 0.29) is 6.03 Å². The van der Waals surface area contributed by atoms with Crippen molar-refractivity contribution in [2.24, 2.45) is 0 Å². The number of benzene rings is 3. The first-order chi connectivity index (χ1) is 21.5. The number of piperazine rings is 1. The monoisotopic (exact) mass is 594 g/mol. The second-order valence-electron chi connectivity index (χ2n) is 10.8. The van der Waals surface area contributed by atoms with E-state index in [1.165, 1.54) is 5.69 Å². The number of rotatable bonds is 8. The maximum atomic E-state index is 14.1. The van der Waals surface area contributed by atoms with Crippen molar-refractivity contribution in [3.8, 4) is 11.5 Å². The Labute approximate surface area is 260 Å². The van der Waals surface area contributed by atoms with Gasteiger partial charge >= 0.3 is 6.03 Å². The number of likely N-dealkylation sites (N-methyl/N-ethyl adjacent to an activating group) is 1. The van der Waals surface area contributed by atoms with Crippen LogP contribution in [0.5, 0.6) is 11.5 Å². The average Bonchev–Trinajstić information content (AvgIpc) is 3.08. The van der Waals surface area contributed by atoms with E-state index in [4.69, 9.17) is 19.4 Å². The van der Waals surface area contributed by atoms with Crippen molar-refractivity contribution >= 4 is 23.2 Å². The molecule has 9 heteroatoms. The van der Waals surface area contributed by atoms with Crippen molar-refractivity contribution in [2.45, 2.75) is 33.4 Å². The van der Waals surface area contributed by atoms with E-state index in [0.717, 1.165) is 42.9 Å². The molecular formula is C35H42N6O3. The lowest BCUT2D eigenvalue weighted by atomic mass is 10.1. The summed E-state index contributed by atoms with van der Waals surface area (Å²) in [6.45, 7) is 8.96. The number of urea groups is 1. The van der Waals surface area contributed by atoms with Crippen LogP contribution in [0.1, 0.15) is 36.4 Å². The minimum Gasteiger partial charge on any atom is -0.497 e. The number of hydrogen-bond donors (Lipinski definition) is 0. The van der Waals surface area contributed by atoms with Crippen molar-refractivity contribution in [1.29, 1.82) is 0 Å². The van der Waals surface area contributed by atoms with Crippen LogP contribution in [-0.2, 0) is 19.5 Å². The van der Waals surface area contributed by atoms with E-state index in [1.807, 2.05) is 62.5 Å². The minimum atomic E-state index is -0.164. The largest absolute Gasteiger partial charge is 0.497 e. The zero-order chi connectivity index (χ0) is 31.1. The van der Waals surface area contributed by atoms with Gasteiger partial charge in [0.1, 0.15) is 23.1 Å². The number of methoxy groups -OCH3 is 2. The molecule has 2 aliphatic rings. The Balaban J connectivity index is 0.00000188. The number of anilines is 3. The van der Waals surface area contributed by atoms with Gasteiger partial charge in [-0.2, -0.15) is 0 Å². The number of carbonyl (C=O) groups excluding carboxylic acids is 1. The van der Waals surface area contributed by atoms with E-state index in [1.54, 1.807) is 30.1 Å². The molecule has 6 rings (SSSR count). The summed E-state index contributed by atoms with van der Waals surface area (Å²) in [6, 6.07) is 24.0. The number of ether oxygens (including phenoxy) is 2. The van der Waals surface area contributed by atoms with Gasteiger partial charge in [-0.3, -0.25) is 9.80 Å².